The van der Waals surface area contributed by atoms with Gasteiger partial charge in [-0.2, -0.15) is 0 Å². The van der Waals surface area contributed by atoms with Gasteiger partial charge in [0.15, 0.2) is 0 Å². The number of benzene rings is 3. The predicted molar refractivity (Wildman–Crippen MR) is 104 cm³/mol. The van der Waals surface area contributed by atoms with E-state index in [1.54, 1.807) is 6.26 Å². The summed E-state index contributed by atoms with van der Waals surface area (Å²) in [5.74, 6) is 1.62. The maximum Gasteiger partial charge on any atom is 0.146 e. The van der Waals surface area contributed by atoms with Crippen LogP contribution in [-0.2, 0) is 6.61 Å². The number of hydrogen-bond donors (Lipinski definition) is 0. The van der Waals surface area contributed by atoms with Crippen LogP contribution in [0.25, 0.3) is 0 Å². The third kappa shape index (κ3) is 3.62. The molecule has 0 N–H and O–H groups in total. The fourth-order valence-electron chi connectivity index (χ4n) is 2.84. The van der Waals surface area contributed by atoms with Crippen molar-refractivity contribution in [2.75, 3.05) is 4.90 Å². The van der Waals surface area contributed by atoms with E-state index in [0.29, 0.717) is 6.61 Å². The molecular formula is C23H19NO2. The second-order valence-electron chi connectivity index (χ2n) is 5.87. The summed E-state index contributed by atoms with van der Waals surface area (Å²) >= 11 is 0. The number of para-hydroxylation sites is 2. The van der Waals surface area contributed by atoms with Gasteiger partial charge in [-0.25, -0.2) is 0 Å². The number of anilines is 3. The highest BCUT2D eigenvalue weighted by Crippen LogP contribution is 2.34. The zero-order valence-corrected chi connectivity index (χ0v) is 14.3. The van der Waals surface area contributed by atoms with Crippen LogP contribution < -0.4 is 9.64 Å². The predicted octanol–water partition coefficient (Wildman–Crippen LogP) is 6.33. The monoisotopic (exact) mass is 341 g/mol. The highest BCUT2D eigenvalue weighted by atomic mass is 16.5. The molecule has 0 atom stereocenters. The van der Waals surface area contributed by atoms with Crippen molar-refractivity contribution in [3.05, 3.63) is 109 Å². The molecule has 128 valence electrons. The normalized spacial score (nSPS) is 10.5. The van der Waals surface area contributed by atoms with Gasteiger partial charge < -0.3 is 14.1 Å². The van der Waals surface area contributed by atoms with Crippen LogP contribution in [0.5, 0.6) is 5.75 Å². The summed E-state index contributed by atoms with van der Waals surface area (Å²) in [6.45, 7) is 0.424. The van der Waals surface area contributed by atoms with Gasteiger partial charge in [0.05, 0.1) is 6.26 Å². The Hall–Kier alpha value is -3.46. The van der Waals surface area contributed by atoms with Gasteiger partial charge in [-0.05, 0) is 60.7 Å². The first-order chi connectivity index (χ1) is 12.9. The van der Waals surface area contributed by atoms with Crippen LogP contribution in [0.15, 0.2) is 108 Å². The lowest BCUT2D eigenvalue weighted by Gasteiger charge is -2.25. The minimum absolute atomic E-state index is 0.424. The van der Waals surface area contributed by atoms with Crippen LogP contribution in [0.2, 0.25) is 0 Å². The smallest absolute Gasteiger partial charge is 0.146 e. The van der Waals surface area contributed by atoms with Gasteiger partial charge in [-0.1, -0.05) is 36.4 Å². The van der Waals surface area contributed by atoms with Crippen molar-refractivity contribution in [2.45, 2.75) is 6.61 Å². The Morgan fingerprint density at radius 1 is 0.615 bits per heavy atom. The number of hydrogen-bond acceptors (Lipinski definition) is 3. The van der Waals surface area contributed by atoms with Crippen molar-refractivity contribution < 1.29 is 9.15 Å². The molecule has 1 heterocycles. The van der Waals surface area contributed by atoms with Gasteiger partial charge in [0.1, 0.15) is 18.1 Å². The molecule has 26 heavy (non-hydrogen) atoms. The standard InChI is InChI=1S/C23H19NO2/c1-3-8-19(9-4-1)24(20-10-5-2-6-11-20)21-13-15-22(16-14-21)26-18-23-12-7-17-25-23/h1-17H,18H2. The molecule has 0 saturated carbocycles. The Bertz CT molecular complexity index is 878. The highest BCUT2D eigenvalue weighted by Gasteiger charge is 2.11. The highest BCUT2D eigenvalue weighted by molar-refractivity contribution is 5.76. The number of rotatable bonds is 6. The van der Waals surface area contributed by atoms with Gasteiger partial charge in [-0.15, -0.1) is 0 Å². The first-order valence-corrected chi connectivity index (χ1v) is 8.56. The van der Waals surface area contributed by atoms with Gasteiger partial charge in [0.25, 0.3) is 0 Å². The van der Waals surface area contributed by atoms with E-state index in [2.05, 4.69) is 41.3 Å². The zero-order chi connectivity index (χ0) is 17.6. The quantitative estimate of drug-likeness (QED) is 0.410. The third-order valence-corrected chi connectivity index (χ3v) is 4.08. The summed E-state index contributed by atoms with van der Waals surface area (Å²) in [6.07, 6.45) is 1.65. The molecule has 0 unspecified atom stereocenters. The molecule has 3 heteroatoms. The van der Waals surface area contributed by atoms with Crippen molar-refractivity contribution in [1.29, 1.82) is 0 Å². The third-order valence-electron chi connectivity index (χ3n) is 4.08. The molecule has 0 bridgehead atoms. The minimum Gasteiger partial charge on any atom is -0.486 e. The first-order valence-electron chi connectivity index (χ1n) is 8.56. The van der Waals surface area contributed by atoms with Crippen LogP contribution in [0.1, 0.15) is 5.76 Å². The zero-order valence-electron chi connectivity index (χ0n) is 14.3. The molecule has 0 spiro atoms. The number of furan rings is 1. The Kier molecular flexibility index (Phi) is 4.70. The summed E-state index contributed by atoms with van der Waals surface area (Å²) in [4.78, 5) is 2.22. The van der Waals surface area contributed by atoms with E-state index < -0.39 is 0 Å². The number of nitrogens with zero attached hydrogens (tertiary/aromatic N) is 1. The van der Waals surface area contributed by atoms with Gasteiger partial charge >= 0.3 is 0 Å². The molecular weight excluding hydrogens is 322 g/mol. The van der Waals surface area contributed by atoms with E-state index in [9.17, 15) is 0 Å². The SMILES string of the molecule is c1ccc(N(c2ccccc2)c2ccc(OCc3ccco3)cc2)cc1. The molecule has 0 aliphatic heterocycles. The van der Waals surface area contributed by atoms with E-state index in [1.165, 1.54) is 0 Å². The second kappa shape index (κ2) is 7.62. The van der Waals surface area contributed by atoms with Crippen LogP contribution in [0.3, 0.4) is 0 Å². The molecule has 3 aromatic carbocycles. The molecule has 4 aromatic rings. The summed E-state index contributed by atoms with van der Waals surface area (Å²) in [5.41, 5.74) is 3.30. The number of ether oxygens (including phenoxy) is 1. The van der Waals surface area contributed by atoms with E-state index in [1.807, 2.05) is 60.7 Å². The van der Waals surface area contributed by atoms with Crippen molar-refractivity contribution >= 4 is 17.1 Å². The van der Waals surface area contributed by atoms with Gasteiger partial charge in [-0.3, -0.25) is 0 Å². The van der Waals surface area contributed by atoms with Crippen molar-refractivity contribution in [3.8, 4) is 5.75 Å². The Labute approximate surface area is 153 Å². The Morgan fingerprint density at radius 2 is 1.19 bits per heavy atom. The van der Waals surface area contributed by atoms with E-state index in [-0.39, 0.29) is 0 Å². The largest absolute Gasteiger partial charge is 0.486 e. The summed E-state index contributed by atoms with van der Waals surface area (Å²) in [6, 6.07) is 32.5. The fraction of sp³-hybridized carbons (Fsp3) is 0.0435. The van der Waals surface area contributed by atoms with E-state index >= 15 is 0 Å². The van der Waals surface area contributed by atoms with Gasteiger partial charge in [0.2, 0.25) is 0 Å². The molecule has 3 nitrogen and oxygen atoms in total. The van der Waals surface area contributed by atoms with E-state index in [4.69, 9.17) is 9.15 Å². The van der Waals surface area contributed by atoms with Crippen LogP contribution >= 0.6 is 0 Å². The molecule has 0 aliphatic rings. The first kappa shape index (κ1) is 16.0. The van der Waals surface area contributed by atoms with Crippen molar-refractivity contribution in [2.24, 2.45) is 0 Å². The summed E-state index contributed by atoms with van der Waals surface area (Å²) in [5, 5.41) is 0. The van der Waals surface area contributed by atoms with Crippen LogP contribution in [-0.4, -0.2) is 0 Å². The maximum atomic E-state index is 5.78. The minimum atomic E-state index is 0.424. The summed E-state index contributed by atoms with van der Waals surface area (Å²) in [7, 11) is 0. The van der Waals surface area contributed by atoms with Gasteiger partial charge in [0, 0.05) is 17.1 Å². The molecule has 0 radical (unpaired) electrons. The Balaban J connectivity index is 1.60. The van der Waals surface area contributed by atoms with Crippen molar-refractivity contribution in [3.63, 3.8) is 0 Å². The summed E-state index contributed by atoms with van der Waals surface area (Å²) < 4.78 is 11.1. The molecule has 4 rings (SSSR count). The maximum absolute atomic E-state index is 5.78. The van der Waals surface area contributed by atoms with Crippen LogP contribution in [0.4, 0.5) is 17.1 Å². The average Bonchev–Trinajstić information content (AvgIpc) is 3.23. The topological polar surface area (TPSA) is 25.6 Å². The Morgan fingerprint density at radius 3 is 1.73 bits per heavy atom. The lowest BCUT2D eigenvalue weighted by Crippen LogP contribution is -2.09. The molecule has 0 fully saturated rings. The molecule has 0 aliphatic carbocycles. The van der Waals surface area contributed by atoms with Crippen molar-refractivity contribution in [1.82, 2.24) is 0 Å². The fourth-order valence-corrected chi connectivity index (χ4v) is 2.84. The van der Waals surface area contributed by atoms with Crippen LogP contribution in [0, 0.1) is 0 Å². The molecule has 1 aromatic heterocycles. The lowest BCUT2D eigenvalue weighted by molar-refractivity contribution is 0.270. The molecule has 0 saturated heterocycles. The lowest BCUT2D eigenvalue weighted by atomic mass is 10.2. The average molecular weight is 341 g/mol. The molecule has 0 amide bonds. The van der Waals surface area contributed by atoms with E-state index in [0.717, 1.165) is 28.6 Å². The second-order valence-corrected chi connectivity index (χ2v) is 5.87.